The van der Waals surface area contributed by atoms with Gasteiger partial charge >= 0.3 is 0 Å². The first kappa shape index (κ1) is 15.4. The minimum absolute atomic E-state index is 0.0261. The zero-order valence-electron chi connectivity index (χ0n) is 11.3. The van der Waals surface area contributed by atoms with E-state index in [0.717, 1.165) is 26.1 Å². The van der Waals surface area contributed by atoms with E-state index in [4.69, 9.17) is 5.26 Å². The molecule has 4 nitrogen and oxygen atoms in total. The molecule has 0 saturated heterocycles. The van der Waals surface area contributed by atoms with Gasteiger partial charge in [-0.15, -0.1) is 0 Å². The second-order valence-corrected chi connectivity index (χ2v) is 4.90. The number of nitrogens with one attached hydrogen (secondary N) is 1. The number of hydrogen-bond donors (Lipinski definition) is 1. The summed E-state index contributed by atoms with van der Waals surface area (Å²) in [7, 11) is 6.26. The maximum Gasteiger partial charge on any atom is 0.0967 e. The summed E-state index contributed by atoms with van der Waals surface area (Å²) >= 11 is 0. The van der Waals surface area contributed by atoms with Crippen molar-refractivity contribution in [3.8, 4) is 6.07 Å². The van der Waals surface area contributed by atoms with Crippen molar-refractivity contribution in [2.75, 3.05) is 40.8 Å². The molecule has 4 heteroatoms. The quantitative estimate of drug-likeness (QED) is 0.663. The zero-order valence-corrected chi connectivity index (χ0v) is 11.3. The molecule has 0 aromatic heterocycles. The van der Waals surface area contributed by atoms with E-state index in [0.29, 0.717) is 6.04 Å². The second-order valence-electron chi connectivity index (χ2n) is 4.90. The molecule has 1 atom stereocenters. The molecule has 1 N–H and O–H groups in total. The Balaban J connectivity index is 3.71. The largest absolute Gasteiger partial charge is 0.308 e. The van der Waals surface area contributed by atoms with Crippen LogP contribution in [-0.2, 0) is 0 Å². The highest BCUT2D eigenvalue weighted by Crippen LogP contribution is 1.96. The molecule has 0 aliphatic rings. The zero-order chi connectivity index (χ0) is 12.6. The first-order chi connectivity index (χ1) is 7.45. The summed E-state index contributed by atoms with van der Waals surface area (Å²) in [4.78, 5) is 4.44. The first-order valence-corrected chi connectivity index (χ1v) is 5.94. The Morgan fingerprint density at radius 1 is 1.12 bits per heavy atom. The van der Waals surface area contributed by atoms with Gasteiger partial charge in [-0.3, -0.25) is 5.32 Å². The smallest absolute Gasteiger partial charge is 0.0967 e. The predicted molar refractivity (Wildman–Crippen MR) is 68.3 cm³/mol. The van der Waals surface area contributed by atoms with E-state index in [1.807, 2.05) is 0 Å². The maximum absolute atomic E-state index is 8.97. The van der Waals surface area contributed by atoms with E-state index >= 15 is 0 Å². The Labute approximate surface area is 100 Å². The molecule has 1 unspecified atom stereocenters. The van der Waals surface area contributed by atoms with Gasteiger partial charge < -0.3 is 9.80 Å². The van der Waals surface area contributed by atoms with Crippen molar-refractivity contribution in [2.45, 2.75) is 32.4 Å². The molecule has 0 saturated carbocycles. The Hall–Kier alpha value is -0.630. The molecule has 0 rings (SSSR count). The van der Waals surface area contributed by atoms with Crippen LogP contribution >= 0.6 is 0 Å². The van der Waals surface area contributed by atoms with Crippen molar-refractivity contribution in [2.24, 2.45) is 0 Å². The molecule has 0 aliphatic carbocycles. The topological polar surface area (TPSA) is 42.3 Å². The molecule has 0 fully saturated rings. The summed E-state index contributed by atoms with van der Waals surface area (Å²) in [6.07, 6.45) is 0.888. The molecule has 16 heavy (non-hydrogen) atoms. The van der Waals surface area contributed by atoms with E-state index in [-0.39, 0.29) is 6.04 Å². The highest BCUT2D eigenvalue weighted by atomic mass is 15.1. The first-order valence-electron chi connectivity index (χ1n) is 5.94. The van der Waals surface area contributed by atoms with Crippen LogP contribution in [0.3, 0.4) is 0 Å². The normalized spacial score (nSPS) is 13.4. The van der Waals surface area contributed by atoms with E-state index in [1.54, 1.807) is 0 Å². The van der Waals surface area contributed by atoms with Crippen LogP contribution in [0.1, 0.15) is 20.3 Å². The average Bonchev–Trinajstić information content (AvgIpc) is 2.20. The summed E-state index contributed by atoms with van der Waals surface area (Å²) < 4.78 is 0. The van der Waals surface area contributed by atoms with Gasteiger partial charge in [0.2, 0.25) is 0 Å². The van der Waals surface area contributed by atoms with Crippen LogP contribution in [0.5, 0.6) is 0 Å². The van der Waals surface area contributed by atoms with Gasteiger partial charge in [-0.1, -0.05) is 0 Å². The number of hydrogen-bond acceptors (Lipinski definition) is 4. The van der Waals surface area contributed by atoms with E-state index in [1.165, 1.54) is 0 Å². The Kier molecular flexibility index (Phi) is 8.18. The number of rotatable bonds is 8. The average molecular weight is 226 g/mol. The van der Waals surface area contributed by atoms with Crippen molar-refractivity contribution < 1.29 is 0 Å². The van der Waals surface area contributed by atoms with E-state index in [2.05, 4.69) is 56.2 Å². The SMILES string of the molecule is CC(C)NC(C#N)CCN(C)CCN(C)C. The van der Waals surface area contributed by atoms with Crippen LogP contribution in [0.15, 0.2) is 0 Å². The van der Waals surface area contributed by atoms with Gasteiger partial charge in [-0.05, 0) is 41.4 Å². The molecular formula is C12H26N4. The molecule has 0 aromatic rings. The third-order valence-electron chi connectivity index (χ3n) is 2.42. The van der Waals surface area contributed by atoms with Crippen LogP contribution in [-0.4, -0.2) is 62.7 Å². The second kappa shape index (κ2) is 8.51. The Morgan fingerprint density at radius 3 is 2.19 bits per heavy atom. The van der Waals surface area contributed by atoms with Crippen LogP contribution in [0.4, 0.5) is 0 Å². The third kappa shape index (κ3) is 8.66. The monoisotopic (exact) mass is 226 g/mol. The van der Waals surface area contributed by atoms with Gasteiger partial charge in [0.25, 0.3) is 0 Å². The number of nitriles is 1. The van der Waals surface area contributed by atoms with Crippen molar-refractivity contribution in [3.05, 3.63) is 0 Å². The summed E-state index contributed by atoms with van der Waals surface area (Å²) in [5, 5.41) is 12.2. The molecule has 0 spiro atoms. The van der Waals surface area contributed by atoms with Crippen molar-refractivity contribution in [3.63, 3.8) is 0 Å². The summed E-state index contributed by atoms with van der Waals surface area (Å²) in [6.45, 7) is 7.21. The lowest BCUT2D eigenvalue weighted by Crippen LogP contribution is -2.37. The van der Waals surface area contributed by atoms with Crippen molar-refractivity contribution in [1.82, 2.24) is 15.1 Å². The molecule has 0 radical (unpaired) electrons. The molecule has 0 heterocycles. The van der Waals surface area contributed by atoms with Crippen molar-refractivity contribution >= 4 is 0 Å². The fraction of sp³-hybridized carbons (Fsp3) is 0.917. The number of likely N-dealkylation sites (N-methyl/N-ethyl adjacent to an activating group) is 2. The highest BCUT2D eigenvalue weighted by molar-refractivity contribution is 4.90. The van der Waals surface area contributed by atoms with Gasteiger partial charge in [0.15, 0.2) is 0 Å². The number of nitrogens with zero attached hydrogens (tertiary/aromatic N) is 3. The molecular weight excluding hydrogens is 200 g/mol. The van der Waals surface area contributed by atoms with Gasteiger partial charge in [0.1, 0.15) is 0 Å². The van der Waals surface area contributed by atoms with Crippen LogP contribution in [0.25, 0.3) is 0 Å². The van der Waals surface area contributed by atoms with Gasteiger partial charge in [0, 0.05) is 25.7 Å². The third-order valence-corrected chi connectivity index (χ3v) is 2.42. The highest BCUT2D eigenvalue weighted by Gasteiger charge is 2.09. The standard InChI is InChI=1S/C12H26N4/c1-11(2)14-12(10-13)6-7-16(5)9-8-15(3)4/h11-12,14H,6-9H2,1-5H3. The minimum Gasteiger partial charge on any atom is -0.308 e. The van der Waals surface area contributed by atoms with E-state index < -0.39 is 0 Å². The molecule has 0 aliphatic heterocycles. The van der Waals surface area contributed by atoms with E-state index in [9.17, 15) is 0 Å². The van der Waals surface area contributed by atoms with Crippen LogP contribution in [0.2, 0.25) is 0 Å². The molecule has 94 valence electrons. The summed E-state index contributed by atoms with van der Waals surface area (Å²) in [5.41, 5.74) is 0. The lowest BCUT2D eigenvalue weighted by Gasteiger charge is -2.21. The predicted octanol–water partition coefficient (Wildman–Crippen LogP) is 0.760. The lowest BCUT2D eigenvalue weighted by atomic mass is 10.2. The molecule has 0 amide bonds. The molecule has 0 aromatic carbocycles. The fourth-order valence-corrected chi connectivity index (χ4v) is 1.42. The molecule has 0 bridgehead atoms. The Morgan fingerprint density at radius 2 is 1.75 bits per heavy atom. The summed E-state index contributed by atoms with van der Waals surface area (Å²) in [6, 6.07) is 2.65. The van der Waals surface area contributed by atoms with Crippen LogP contribution < -0.4 is 5.32 Å². The Bertz CT molecular complexity index is 208. The van der Waals surface area contributed by atoms with Gasteiger partial charge in [-0.25, -0.2) is 0 Å². The van der Waals surface area contributed by atoms with Gasteiger partial charge in [0.05, 0.1) is 12.1 Å². The lowest BCUT2D eigenvalue weighted by molar-refractivity contribution is 0.272. The van der Waals surface area contributed by atoms with Crippen LogP contribution in [0, 0.1) is 11.3 Å². The minimum atomic E-state index is -0.0261. The van der Waals surface area contributed by atoms with Gasteiger partial charge in [-0.2, -0.15) is 5.26 Å². The fourth-order valence-electron chi connectivity index (χ4n) is 1.42. The maximum atomic E-state index is 8.97. The summed E-state index contributed by atoms with van der Waals surface area (Å²) in [5.74, 6) is 0. The van der Waals surface area contributed by atoms with Crippen molar-refractivity contribution in [1.29, 1.82) is 5.26 Å².